The number of methoxy groups -OCH3 is 1. The van der Waals surface area contributed by atoms with Crippen LogP contribution in [-0.2, 0) is 11.2 Å². The van der Waals surface area contributed by atoms with Gasteiger partial charge in [0.05, 0.1) is 7.11 Å². The van der Waals surface area contributed by atoms with Crippen LogP contribution in [0.2, 0.25) is 0 Å². The fraction of sp³-hybridized carbons (Fsp3) is 0.273. The molecule has 140 valence electrons. The van der Waals surface area contributed by atoms with Gasteiger partial charge in [-0.05, 0) is 49.1 Å². The van der Waals surface area contributed by atoms with E-state index < -0.39 is 5.91 Å². The van der Waals surface area contributed by atoms with Crippen LogP contribution in [0.15, 0.2) is 54.2 Å². The molecule has 0 saturated heterocycles. The quantitative estimate of drug-likeness (QED) is 0.569. The zero-order valence-corrected chi connectivity index (χ0v) is 16.2. The van der Waals surface area contributed by atoms with Crippen LogP contribution in [0, 0.1) is 18.3 Å². The Morgan fingerprint density at radius 2 is 1.96 bits per heavy atom. The lowest BCUT2D eigenvalue weighted by Gasteiger charge is -2.14. The van der Waals surface area contributed by atoms with Crippen molar-refractivity contribution in [3.05, 3.63) is 70.9 Å². The van der Waals surface area contributed by atoms with E-state index in [4.69, 9.17) is 4.74 Å². The number of anilines is 1. The van der Waals surface area contributed by atoms with E-state index in [1.807, 2.05) is 69.3 Å². The normalized spacial score (nSPS) is 12.0. The molecular weight excluding hydrogens is 338 g/mol. The molecule has 0 spiro atoms. The number of carbonyl (C=O) groups is 1. The molecule has 0 heterocycles. The number of amides is 1. The molecule has 0 aliphatic carbocycles. The van der Waals surface area contributed by atoms with E-state index in [9.17, 15) is 10.1 Å². The molecule has 0 aliphatic rings. The first-order chi connectivity index (χ1) is 13.0. The second kappa shape index (κ2) is 9.44. The van der Waals surface area contributed by atoms with E-state index >= 15 is 0 Å². The molecule has 5 nitrogen and oxygen atoms in total. The van der Waals surface area contributed by atoms with Gasteiger partial charge < -0.3 is 15.4 Å². The van der Waals surface area contributed by atoms with E-state index in [2.05, 4.69) is 10.6 Å². The number of ether oxygens (including phenoxy) is 1. The van der Waals surface area contributed by atoms with Crippen LogP contribution in [0.3, 0.4) is 0 Å². The third kappa shape index (κ3) is 5.11. The molecule has 0 radical (unpaired) electrons. The van der Waals surface area contributed by atoms with Gasteiger partial charge in [0.25, 0.3) is 5.91 Å². The summed E-state index contributed by atoms with van der Waals surface area (Å²) in [5.41, 5.74) is 3.84. The molecule has 2 aromatic rings. The van der Waals surface area contributed by atoms with Crippen molar-refractivity contribution in [3.63, 3.8) is 0 Å². The van der Waals surface area contributed by atoms with Crippen molar-refractivity contribution in [2.45, 2.75) is 33.2 Å². The Hall–Kier alpha value is -3.26. The molecule has 2 rings (SSSR count). The van der Waals surface area contributed by atoms with Gasteiger partial charge in [0, 0.05) is 17.9 Å². The largest absolute Gasteiger partial charge is 0.497 e. The van der Waals surface area contributed by atoms with Crippen LogP contribution >= 0.6 is 0 Å². The smallest absolute Gasteiger partial charge is 0.267 e. The fourth-order valence-corrected chi connectivity index (χ4v) is 2.73. The highest BCUT2D eigenvalue weighted by molar-refractivity contribution is 6.07. The third-order valence-electron chi connectivity index (χ3n) is 4.44. The highest BCUT2D eigenvalue weighted by atomic mass is 16.5. The monoisotopic (exact) mass is 363 g/mol. The molecule has 1 unspecified atom stereocenters. The van der Waals surface area contributed by atoms with E-state index in [0.29, 0.717) is 0 Å². The Morgan fingerprint density at radius 3 is 2.56 bits per heavy atom. The van der Waals surface area contributed by atoms with Crippen molar-refractivity contribution in [1.82, 2.24) is 5.32 Å². The zero-order valence-electron chi connectivity index (χ0n) is 16.2. The summed E-state index contributed by atoms with van der Waals surface area (Å²) in [6.45, 7) is 5.93. The third-order valence-corrected chi connectivity index (χ3v) is 4.44. The molecule has 0 saturated carbocycles. The summed E-state index contributed by atoms with van der Waals surface area (Å²) in [5.74, 6) is 0.361. The van der Waals surface area contributed by atoms with E-state index in [-0.39, 0.29) is 11.6 Å². The number of nitrogens with zero attached hydrogens (tertiary/aromatic N) is 1. The number of benzene rings is 2. The number of nitrogens with one attached hydrogen (secondary N) is 2. The maximum atomic E-state index is 12.5. The van der Waals surface area contributed by atoms with Gasteiger partial charge in [0.2, 0.25) is 0 Å². The first-order valence-corrected chi connectivity index (χ1v) is 8.90. The van der Waals surface area contributed by atoms with Crippen molar-refractivity contribution in [3.8, 4) is 11.8 Å². The Balaban J connectivity index is 2.11. The highest BCUT2D eigenvalue weighted by Crippen LogP contribution is 2.22. The average Bonchev–Trinajstić information content (AvgIpc) is 2.69. The van der Waals surface area contributed by atoms with Crippen LogP contribution in [0.5, 0.6) is 5.75 Å². The summed E-state index contributed by atoms with van der Waals surface area (Å²) in [4.78, 5) is 12.5. The molecule has 5 heteroatoms. The van der Waals surface area contributed by atoms with Gasteiger partial charge in [0.1, 0.15) is 17.4 Å². The summed E-state index contributed by atoms with van der Waals surface area (Å²) in [5, 5.41) is 15.4. The molecule has 27 heavy (non-hydrogen) atoms. The summed E-state index contributed by atoms with van der Waals surface area (Å²) < 4.78 is 5.15. The SMILES string of the molecule is CCc1cccc(C)c1NC(=O)/C(C#N)=C\NC(C)c1ccc(OC)cc1. The molecule has 0 aliphatic heterocycles. The molecule has 0 aromatic heterocycles. The number of para-hydroxylation sites is 1. The van der Waals surface area contributed by atoms with Crippen molar-refractivity contribution in [2.75, 3.05) is 12.4 Å². The molecule has 0 bridgehead atoms. The topological polar surface area (TPSA) is 74.2 Å². The first-order valence-electron chi connectivity index (χ1n) is 8.90. The van der Waals surface area contributed by atoms with E-state index in [1.165, 1.54) is 6.20 Å². The lowest BCUT2D eigenvalue weighted by molar-refractivity contribution is -0.112. The van der Waals surface area contributed by atoms with Crippen LogP contribution in [0.25, 0.3) is 0 Å². The minimum absolute atomic E-state index is 0.0284. The molecule has 2 N–H and O–H groups in total. The number of hydrogen-bond acceptors (Lipinski definition) is 4. The minimum atomic E-state index is -0.420. The van der Waals surface area contributed by atoms with Gasteiger partial charge in [-0.3, -0.25) is 4.79 Å². The maximum absolute atomic E-state index is 12.5. The zero-order chi connectivity index (χ0) is 19.8. The highest BCUT2D eigenvalue weighted by Gasteiger charge is 2.13. The second-order valence-corrected chi connectivity index (χ2v) is 6.25. The number of aryl methyl sites for hydroxylation is 2. The van der Waals surface area contributed by atoms with Crippen molar-refractivity contribution >= 4 is 11.6 Å². The Bertz CT molecular complexity index is 864. The number of nitriles is 1. The van der Waals surface area contributed by atoms with Crippen molar-refractivity contribution < 1.29 is 9.53 Å². The lowest BCUT2D eigenvalue weighted by Crippen LogP contribution is -2.19. The van der Waals surface area contributed by atoms with Gasteiger partial charge in [-0.15, -0.1) is 0 Å². The van der Waals surface area contributed by atoms with Crippen molar-refractivity contribution in [2.24, 2.45) is 0 Å². The molecule has 0 fully saturated rings. The van der Waals surface area contributed by atoms with Gasteiger partial charge in [-0.1, -0.05) is 37.3 Å². The second-order valence-electron chi connectivity index (χ2n) is 6.25. The maximum Gasteiger partial charge on any atom is 0.267 e. The van der Waals surface area contributed by atoms with Crippen LogP contribution in [-0.4, -0.2) is 13.0 Å². The minimum Gasteiger partial charge on any atom is -0.497 e. The van der Waals surface area contributed by atoms with Crippen LogP contribution in [0.4, 0.5) is 5.69 Å². The summed E-state index contributed by atoms with van der Waals surface area (Å²) >= 11 is 0. The molecular formula is C22H25N3O2. The fourth-order valence-electron chi connectivity index (χ4n) is 2.73. The van der Waals surface area contributed by atoms with Gasteiger partial charge in [-0.25, -0.2) is 0 Å². The Morgan fingerprint density at radius 1 is 1.26 bits per heavy atom. The van der Waals surface area contributed by atoms with Gasteiger partial charge in [0.15, 0.2) is 0 Å². The van der Waals surface area contributed by atoms with E-state index in [0.717, 1.165) is 34.5 Å². The van der Waals surface area contributed by atoms with Crippen LogP contribution in [0.1, 0.15) is 36.6 Å². The predicted octanol–water partition coefficient (Wildman–Crippen LogP) is 4.26. The molecule has 1 amide bonds. The van der Waals surface area contributed by atoms with E-state index in [1.54, 1.807) is 7.11 Å². The standard InChI is InChI=1S/C22H25N3O2/c1-5-17-8-6-7-15(2)21(17)25-22(26)19(13-23)14-24-16(3)18-9-11-20(27-4)12-10-18/h6-12,14,16,24H,5H2,1-4H3,(H,25,26)/b19-14-. The summed E-state index contributed by atoms with van der Waals surface area (Å²) in [6.07, 6.45) is 2.27. The van der Waals surface area contributed by atoms with Crippen molar-refractivity contribution in [1.29, 1.82) is 5.26 Å². The number of hydrogen-bond donors (Lipinski definition) is 2. The summed E-state index contributed by atoms with van der Waals surface area (Å²) in [7, 11) is 1.62. The lowest BCUT2D eigenvalue weighted by atomic mass is 10.1. The van der Waals surface area contributed by atoms with Gasteiger partial charge in [-0.2, -0.15) is 5.26 Å². The number of carbonyl (C=O) groups excluding carboxylic acids is 1. The number of rotatable bonds is 7. The van der Waals surface area contributed by atoms with Crippen LogP contribution < -0.4 is 15.4 Å². The first kappa shape index (κ1) is 20.1. The predicted molar refractivity (Wildman–Crippen MR) is 107 cm³/mol. The Kier molecular flexibility index (Phi) is 7.01. The molecule has 1 atom stereocenters. The Labute approximate surface area is 160 Å². The molecule has 2 aromatic carbocycles. The average molecular weight is 363 g/mol. The van der Waals surface area contributed by atoms with Gasteiger partial charge >= 0.3 is 0 Å². The summed E-state index contributed by atoms with van der Waals surface area (Å²) in [6, 6.07) is 15.4.